The summed E-state index contributed by atoms with van der Waals surface area (Å²) >= 11 is 0. The van der Waals surface area contributed by atoms with E-state index in [1.165, 1.54) is 5.56 Å². The van der Waals surface area contributed by atoms with Gasteiger partial charge < -0.3 is 10.0 Å². The smallest absolute Gasteiger partial charge is 0.311 e. The third-order valence-corrected chi connectivity index (χ3v) is 5.19. The highest BCUT2D eigenvalue weighted by molar-refractivity contribution is 5.95. The topological polar surface area (TPSA) is 57.6 Å². The van der Waals surface area contributed by atoms with Crippen LogP contribution < -0.4 is 0 Å². The zero-order chi connectivity index (χ0) is 15.0. The molecule has 1 aromatic rings. The maximum atomic E-state index is 12.6. The van der Waals surface area contributed by atoms with Crippen molar-refractivity contribution in [2.24, 2.45) is 11.3 Å². The van der Waals surface area contributed by atoms with Crippen LogP contribution in [0.3, 0.4) is 0 Å². The van der Waals surface area contributed by atoms with E-state index in [1.54, 1.807) is 4.90 Å². The van der Waals surface area contributed by atoms with Gasteiger partial charge in [-0.3, -0.25) is 9.59 Å². The molecule has 1 aliphatic heterocycles. The first-order valence-corrected chi connectivity index (χ1v) is 7.68. The van der Waals surface area contributed by atoms with Crippen LogP contribution in [-0.4, -0.2) is 35.0 Å². The van der Waals surface area contributed by atoms with E-state index in [4.69, 9.17) is 0 Å². The van der Waals surface area contributed by atoms with Crippen LogP contribution in [0.5, 0.6) is 0 Å². The Labute approximate surface area is 124 Å². The number of aliphatic carboxylic acids is 1. The fraction of sp³-hybridized carbons (Fsp3) is 0.529. The number of benzene rings is 1. The predicted molar refractivity (Wildman–Crippen MR) is 79.1 cm³/mol. The molecular weight excluding hydrogens is 266 g/mol. The van der Waals surface area contributed by atoms with Crippen LogP contribution in [0.15, 0.2) is 24.3 Å². The van der Waals surface area contributed by atoms with Crippen LogP contribution in [-0.2, 0) is 11.2 Å². The van der Waals surface area contributed by atoms with E-state index in [2.05, 4.69) is 6.92 Å². The van der Waals surface area contributed by atoms with Gasteiger partial charge in [-0.25, -0.2) is 0 Å². The predicted octanol–water partition coefficient (Wildman–Crippen LogP) is 2.58. The van der Waals surface area contributed by atoms with Crippen molar-refractivity contribution in [3.8, 4) is 0 Å². The number of hydrogen-bond acceptors (Lipinski definition) is 2. The molecule has 1 amide bonds. The lowest BCUT2D eigenvalue weighted by molar-refractivity contribution is -0.149. The monoisotopic (exact) mass is 287 g/mol. The maximum Gasteiger partial charge on any atom is 0.311 e. The Morgan fingerprint density at radius 2 is 2.05 bits per heavy atom. The quantitative estimate of drug-likeness (QED) is 0.929. The molecule has 1 saturated heterocycles. The molecule has 4 heteroatoms. The van der Waals surface area contributed by atoms with Crippen molar-refractivity contribution in [3.05, 3.63) is 35.4 Å². The van der Waals surface area contributed by atoms with E-state index in [0.29, 0.717) is 25.1 Å². The molecule has 21 heavy (non-hydrogen) atoms. The number of amides is 1. The molecule has 2 fully saturated rings. The summed E-state index contributed by atoms with van der Waals surface area (Å²) in [7, 11) is 0. The molecule has 1 heterocycles. The molecule has 0 spiro atoms. The number of carboxylic acid groups (broad SMARTS) is 1. The molecule has 0 aromatic heterocycles. The van der Waals surface area contributed by atoms with Crippen LogP contribution in [0.4, 0.5) is 0 Å². The average molecular weight is 287 g/mol. The average Bonchev–Trinajstić information content (AvgIpc) is 3.04. The number of rotatable bonds is 3. The third-order valence-electron chi connectivity index (χ3n) is 5.19. The molecule has 0 radical (unpaired) electrons. The van der Waals surface area contributed by atoms with E-state index < -0.39 is 11.4 Å². The minimum absolute atomic E-state index is 0.0346. The zero-order valence-corrected chi connectivity index (χ0v) is 12.3. The van der Waals surface area contributed by atoms with Gasteiger partial charge >= 0.3 is 5.97 Å². The van der Waals surface area contributed by atoms with Gasteiger partial charge in [0.15, 0.2) is 0 Å². The molecule has 1 saturated carbocycles. The van der Waals surface area contributed by atoms with Gasteiger partial charge in [0.25, 0.3) is 5.91 Å². The van der Waals surface area contributed by atoms with Crippen LogP contribution in [0.2, 0.25) is 0 Å². The number of carbonyl (C=O) groups excluding carboxylic acids is 1. The van der Waals surface area contributed by atoms with Crippen molar-refractivity contribution in [1.29, 1.82) is 0 Å². The second-order valence-corrected chi connectivity index (χ2v) is 6.29. The molecule has 1 N–H and O–H groups in total. The molecule has 112 valence electrons. The number of fused-ring (bicyclic) bond motifs is 1. The molecule has 0 bridgehead atoms. The summed E-state index contributed by atoms with van der Waals surface area (Å²) < 4.78 is 0. The Morgan fingerprint density at radius 1 is 1.33 bits per heavy atom. The lowest BCUT2D eigenvalue weighted by Crippen LogP contribution is -2.37. The van der Waals surface area contributed by atoms with Gasteiger partial charge in [-0.1, -0.05) is 25.5 Å². The first-order valence-electron chi connectivity index (χ1n) is 7.68. The van der Waals surface area contributed by atoms with E-state index in [0.717, 1.165) is 19.3 Å². The van der Waals surface area contributed by atoms with Crippen LogP contribution in [0.25, 0.3) is 0 Å². The Morgan fingerprint density at radius 3 is 2.62 bits per heavy atom. The number of carboxylic acids is 1. The van der Waals surface area contributed by atoms with Crippen LogP contribution >= 0.6 is 0 Å². The Bertz CT molecular complexity index is 566. The van der Waals surface area contributed by atoms with Crippen molar-refractivity contribution in [3.63, 3.8) is 0 Å². The first kappa shape index (κ1) is 14.1. The number of hydrogen-bond donors (Lipinski definition) is 1. The van der Waals surface area contributed by atoms with Crippen molar-refractivity contribution >= 4 is 11.9 Å². The van der Waals surface area contributed by atoms with E-state index >= 15 is 0 Å². The minimum atomic E-state index is -0.735. The van der Waals surface area contributed by atoms with Gasteiger partial charge in [-0.05, 0) is 42.9 Å². The van der Waals surface area contributed by atoms with Gasteiger partial charge in [0.2, 0.25) is 0 Å². The summed E-state index contributed by atoms with van der Waals surface area (Å²) in [5, 5.41) is 9.57. The highest BCUT2D eigenvalue weighted by Crippen LogP contribution is 2.49. The van der Waals surface area contributed by atoms with Gasteiger partial charge in [-0.2, -0.15) is 0 Å². The SMILES string of the molecule is CCc1ccc(C(=O)N2C[C@@H]3CCC[C@@]3(C(=O)O)C2)cc1. The van der Waals surface area contributed by atoms with E-state index in [9.17, 15) is 14.7 Å². The van der Waals surface area contributed by atoms with Gasteiger partial charge in [0, 0.05) is 18.7 Å². The summed E-state index contributed by atoms with van der Waals surface area (Å²) in [6, 6.07) is 7.64. The van der Waals surface area contributed by atoms with Crippen molar-refractivity contribution in [1.82, 2.24) is 4.90 Å². The van der Waals surface area contributed by atoms with E-state index in [1.807, 2.05) is 24.3 Å². The normalized spacial score (nSPS) is 27.7. The van der Waals surface area contributed by atoms with Crippen molar-refractivity contribution < 1.29 is 14.7 Å². The van der Waals surface area contributed by atoms with E-state index in [-0.39, 0.29) is 11.8 Å². The fourth-order valence-electron chi connectivity index (χ4n) is 3.86. The highest BCUT2D eigenvalue weighted by atomic mass is 16.4. The van der Waals surface area contributed by atoms with Crippen molar-refractivity contribution in [2.75, 3.05) is 13.1 Å². The van der Waals surface area contributed by atoms with Gasteiger partial charge in [0.1, 0.15) is 0 Å². The number of aryl methyl sites for hydroxylation is 1. The second kappa shape index (κ2) is 5.17. The number of carbonyl (C=O) groups is 2. The van der Waals surface area contributed by atoms with Gasteiger partial charge in [0.05, 0.1) is 5.41 Å². The summed E-state index contributed by atoms with van der Waals surface area (Å²) in [5.41, 5.74) is 1.17. The van der Waals surface area contributed by atoms with Crippen LogP contribution in [0, 0.1) is 11.3 Å². The zero-order valence-electron chi connectivity index (χ0n) is 12.3. The molecule has 3 rings (SSSR count). The Kier molecular flexibility index (Phi) is 3.47. The second-order valence-electron chi connectivity index (χ2n) is 6.29. The Balaban J connectivity index is 1.79. The van der Waals surface area contributed by atoms with Crippen LogP contribution in [0.1, 0.15) is 42.1 Å². The summed E-state index contributed by atoms with van der Waals surface area (Å²) in [6.07, 6.45) is 3.53. The summed E-state index contributed by atoms with van der Waals surface area (Å²) in [4.78, 5) is 26.0. The van der Waals surface area contributed by atoms with Crippen molar-refractivity contribution in [2.45, 2.75) is 32.6 Å². The number of nitrogens with zero attached hydrogens (tertiary/aromatic N) is 1. The molecule has 1 aliphatic carbocycles. The highest BCUT2D eigenvalue weighted by Gasteiger charge is 2.55. The number of likely N-dealkylation sites (tertiary alicyclic amines) is 1. The molecule has 2 aliphatic rings. The lowest BCUT2D eigenvalue weighted by atomic mass is 9.81. The molecule has 4 nitrogen and oxygen atoms in total. The Hall–Kier alpha value is -1.84. The maximum absolute atomic E-state index is 12.6. The van der Waals surface area contributed by atoms with Gasteiger partial charge in [-0.15, -0.1) is 0 Å². The third kappa shape index (κ3) is 2.23. The largest absolute Gasteiger partial charge is 0.481 e. The first-order chi connectivity index (χ1) is 10.1. The standard InChI is InChI=1S/C17H21NO3/c1-2-12-5-7-13(8-6-12)15(19)18-10-14-4-3-9-17(14,11-18)16(20)21/h5-8,14H,2-4,9-11H2,1H3,(H,20,21)/t14-,17+/m0/s1. The molecule has 0 unspecified atom stereocenters. The molecule has 1 aromatic carbocycles. The lowest BCUT2D eigenvalue weighted by Gasteiger charge is -2.23. The summed E-state index contributed by atoms with van der Waals surface area (Å²) in [5.74, 6) is -0.650. The molecule has 2 atom stereocenters. The minimum Gasteiger partial charge on any atom is -0.481 e. The fourth-order valence-corrected chi connectivity index (χ4v) is 3.86. The summed E-state index contributed by atoms with van der Waals surface area (Å²) in [6.45, 7) is 3.02. The molecular formula is C17H21NO3.